The lowest BCUT2D eigenvalue weighted by molar-refractivity contribution is -0.147. The lowest BCUT2D eigenvalue weighted by Crippen LogP contribution is -2.25. The van der Waals surface area contributed by atoms with Crippen molar-refractivity contribution in [2.75, 3.05) is 7.11 Å². The average Bonchev–Trinajstić information content (AvgIpc) is 2.37. The number of esters is 1. The number of ether oxygens (including phenoxy) is 2. The summed E-state index contributed by atoms with van der Waals surface area (Å²) in [5.74, 6) is 0.277. The molecule has 1 aromatic carbocycles. The number of hydrogen-bond donors (Lipinski definition) is 1. The van der Waals surface area contributed by atoms with E-state index in [0.29, 0.717) is 5.75 Å². The van der Waals surface area contributed by atoms with Gasteiger partial charge in [-0.2, -0.15) is 0 Å². The molecule has 0 aromatic heterocycles. The minimum Gasteiger partial charge on any atom is -0.479 e. The lowest BCUT2D eigenvalue weighted by Gasteiger charge is -2.14. The molecule has 1 aromatic rings. The normalized spacial score (nSPS) is 13.8. The molecule has 1 rings (SSSR count). The summed E-state index contributed by atoms with van der Waals surface area (Å²) < 4.78 is 10.1. The van der Waals surface area contributed by atoms with Crippen LogP contribution in [0, 0.1) is 0 Å². The summed E-state index contributed by atoms with van der Waals surface area (Å²) in [7, 11) is 1.35. The molecular weight excluding hydrogens is 230 g/mol. The molecular formula is C14H21NO3. The van der Waals surface area contributed by atoms with Crippen LogP contribution in [0.3, 0.4) is 0 Å². The van der Waals surface area contributed by atoms with Crippen LogP contribution in [0.2, 0.25) is 0 Å². The molecule has 0 aliphatic heterocycles. The van der Waals surface area contributed by atoms with Crippen molar-refractivity contribution in [3.63, 3.8) is 0 Å². The van der Waals surface area contributed by atoms with E-state index in [4.69, 9.17) is 10.5 Å². The van der Waals surface area contributed by atoms with Crippen molar-refractivity contribution in [3.05, 3.63) is 29.8 Å². The second-order valence-corrected chi connectivity index (χ2v) is 4.30. The van der Waals surface area contributed by atoms with Gasteiger partial charge in [-0.25, -0.2) is 4.79 Å². The Hall–Kier alpha value is -1.55. The monoisotopic (exact) mass is 251 g/mol. The van der Waals surface area contributed by atoms with Gasteiger partial charge in [0, 0.05) is 6.04 Å². The Morgan fingerprint density at radius 3 is 2.78 bits per heavy atom. The quantitative estimate of drug-likeness (QED) is 0.784. The van der Waals surface area contributed by atoms with Gasteiger partial charge in [0.25, 0.3) is 0 Å². The fourth-order valence-electron chi connectivity index (χ4n) is 1.61. The Kier molecular flexibility index (Phi) is 5.65. The van der Waals surface area contributed by atoms with Crippen molar-refractivity contribution in [2.24, 2.45) is 5.73 Å². The first kappa shape index (κ1) is 14.5. The van der Waals surface area contributed by atoms with Crippen LogP contribution in [0.4, 0.5) is 0 Å². The summed E-state index contributed by atoms with van der Waals surface area (Å²) in [6.07, 6.45) is 1.13. The van der Waals surface area contributed by atoms with Gasteiger partial charge in [-0.1, -0.05) is 19.1 Å². The van der Waals surface area contributed by atoms with Crippen molar-refractivity contribution >= 4 is 5.97 Å². The highest BCUT2D eigenvalue weighted by molar-refractivity contribution is 5.74. The Balaban J connectivity index is 2.67. The van der Waals surface area contributed by atoms with Crippen LogP contribution in [-0.4, -0.2) is 25.2 Å². The molecule has 0 radical (unpaired) electrons. The number of nitrogens with two attached hydrogens (primary N) is 1. The first-order chi connectivity index (χ1) is 8.56. The van der Waals surface area contributed by atoms with Crippen LogP contribution < -0.4 is 10.5 Å². The number of hydrogen-bond acceptors (Lipinski definition) is 4. The molecule has 2 N–H and O–H groups in total. The molecule has 0 saturated carbocycles. The fourth-order valence-corrected chi connectivity index (χ4v) is 1.61. The molecule has 0 heterocycles. The molecule has 0 aliphatic carbocycles. The van der Waals surface area contributed by atoms with Gasteiger partial charge in [-0.3, -0.25) is 0 Å². The van der Waals surface area contributed by atoms with Crippen LogP contribution in [0.5, 0.6) is 5.75 Å². The van der Waals surface area contributed by atoms with Crippen LogP contribution in [0.25, 0.3) is 0 Å². The third-order valence-corrected chi connectivity index (χ3v) is 2.77. The zero-order valence-electron chi connectivity index (χ0n) is 11.2. The number of carbonyl (C=O) groups excluding carboxylic acids is 1. The van der Waals surface area contributed by atoms with Crippen LogP contribution in [-0.2, 0) is 16.0 Å². The minimum atomic E-state index is -0.606. The molecule has 0 fully saturated rings. The third-order valence-electron chi connectivity index (χ3n) is 2.77. The Bertz CT molecular complexity index is 392. The maximum Gasteiger partial charge on any atom is 0.346 e. The number of carbonyl (C=O) groups is 1. The molecule has 18 heavy (non-hydrogen) atoms. The van der Waals surface area contributed by atoms with Crippen LogP contribution in [0.15, 0.2) is 24.3 Å². The molecule has 4 heteroatoms. The standard InChI is InChI=1S/C14H21NO3/c1-4-12(15)8-11-6-5-7-13(9-11)18-10(2)14(16)17-3/h5-7,9-10,12H,4,8,15H2,1-3H3. The second-order valence-electron chi connectivity index (χ2n) is 4.30. The van der Waals surface area contributed by atoms with Gasteiger partial charge in [0.1, 0.15) is 5.75 Å². The maximum absolute atomic E-state index is 11.3. The highest BCUT2D eigenvalue weighted by Crippen LogP contribution is 2.16. The Morgan fingerprint density at radius 1 is 1.44 bits per heavy atom. The van der Waals surface area contributed by atoms with E-state index >= 15 is 0 Å². The van der Waals surface area contributed by atoms with E-state index < -0.39 is 6.10 Å². The van der Waals surface area contributed by atoms with Gasteiger partial charge in [0.05, 0.1) is 7.11 Å². The predicted octanol–water partition coefficient (Wildman–Crippen LogP) is 1.91. The van der Waals surface area contributed by atoms with Crippen LogP contribution in [0.1, 0.15) is 25.8 Å². The van der Waals surface area contributed by atoms with Gasteiger partial charge in [0.2, 0.25) is 0 Å². The summed E-state index contributed by atoms with van der Waals surface area (Å²) in [6, 6.07) is 7.79. The third kappa shape index (κ3) is 4.37. The van der Waals surface area contributed by atoms with Crippen molar-refractivity contribution in [1.82, 2.24) is 0 Å². The number of methoxy groups -OCH3 is 1. The van der Waals surface area contributed by atoms with E-state index in [0.717, 1.165) is 18.4 Å². The highest BCUT2D eigenvalue weighted by atomic mass is 16.6. The van der Waals surface area contributed by atoms with E-state index in [2.05, 4.69) is 11.7 Å². The summed E-state index contributed by atoms with van der Waals surface area (Å²) in [5, 5.41) is 0. The molecule has 0 bridgehead atoms. The van der Waals surface area contributed by atoms with Crippen molar-refractivity contribution in [1.29, 1.82) is 0 Å². The van der Waals surface area contributed by atoms with E-state index in [9.17, 15) is 4.79 Å². The van der Waals surface area contributed by atoms with E-state index in [1.54, 1.807) is 6.92 Å². The topological polar surface area (TPSA) is 61.5 Å². The number of rotatable bonds is 6. The molecule has 0 amide bonds. The number of benzene rings is 1. The SMILES string of the molecule is CCC(N)Cc1cccc(OC(C)C(=O)OC)c1. The lowest BCUT2D eigenvalue weighted by atomic mass is 10.0. The average molecular weight is 251 g/mol. The smallest absolute Gasteiger partial charge is 0.346 e. The van der Waals surface area contributed by atoms with Gasteiger partial charge in [-0.15, -0.1) is 0 Å². The maximum atomic E-state index is 11.3. The molecule has 2 unspecified atom stereocenters. The summed E-state index contributed by atoms with van der Waals surface area (Å²) >= 11 is 0. The first-order valence-electron chi connectivity index (χ1n) is 6.15. The Morgan fingerprint density at radius 2 is 2.17 bits per heavy atom. The van der Waals surface area contributed by atoms with Crippen molar-refractivity contribution in [2.45, 2.75) is 38.8 Å². The van der Waals surface area contributed by atoms with E-state index in [1.165, 1.54) is 7.11 Å². The Labute approximate surface area is 108 Å². The molecule has 0 spiro atoms. The molecule has 4 nitrogen and oxygen atoms in total. The second kappa shape index (κ2) is 7.01. The minimum absolute atomic E-state index is 0.151. The van der Waals surface area contributed by atoms with Gasteiger partial charge in [-0.05, 0) is 37.5 Å². The van der Waals surface area contributed by atoms with Crippen LogP contribution >= 0.6 is 0 Å². The van der Waals surface area contributed by atoms with Gasteiger partial charge < -0.3 is 15.2 Å². The zero-order valence-corrected chi connectivity index (χ0v) is 11.2. The molecule has 0 aliphatic rings. The summed E-state index contributed by atoms with van der Waals surface area (Å²) in [4.78, 5) is 11.3. The zero-order chi connectivity index (χ0) is 13.5. The van der Waals surface area contributed by atoms with Gasteiger partial charge >= 0.3 is 5.97 Å². The molecule has 0 saturated heterocycles. The fraction of sp³-hybridized carbons (Fsp3) is 0.500. The first-order valence-corrected chi connectivity index (χ1v) is 6.15. The largest absolute Gasteiger partial charge is 0.479 e. The summed E-state index contributed by atoms with van der Waals surface area (Å²) in [6.45, 7) is 3.72. The predicted molar refractivity (Wildman–Crippen MR) is 70.5 cm³/mol. The van der Waals surface area contributed by atoms with Crippen molar-refractivity contribution < 1.29 is 14.3 Å². The summed E-state index contributed by atoms with van der Waals surface area (Å²) in [5.41, 5.74) is 7.02. The highest BCUT2D eigenvalue weighted by Gasteiger charge is 2.14. The van der Waals surface area contributed by atoms with Crippen molar-refractivity contribution in [3.8, 4) is 5.75 Å². The van der Waals surface area contributed by atoms with Gasteiger partial charge in [0.15, 0.2) is 6.10 Å². The molecule has 2 atom stereocenters. The molecule has 100 valence electrons. The van der Waals surface area contributed by atoms with E-state index in [-0.39, 0.29) is 12.0 Å². The van der Waals surface area contributed by atoms with E-state index in [1.807, 2.05) is 24.3 Å².